The lowest BCUT2D eigenvalue weighted by Gasteiger charge is -2.07. The van der Waals surface area contributed by atoms with Crippen molar-refractivity contribution in [2.75, 3.05) is 0 Å². The molecule has 2 aromatic heterocycles. The Morgan fingerprint density at radius 3 is 2.57 bits per heavy atom. The molecule has 0 spiro atoms. The minimum absolute atomic E-state index is 0.229. The van der Waals surface area contributed by atoms with Crippen molar-refractivity contribution < 1.29 is 0 Å². The molecule has 0 amide bonds. The van der Waals surface area contributed by atoms with E-state index in [-0.39, 0.29) is 5.92 Å². The summed E-state index contributed by atoms with van der Waals surface area (Å²) in [5.41, 5.74) is 4.30. The van der Waals surface area contributed by atoms with Gasteiger partial charge in [0.15, 0.2) is 5.82 Å². The number of hydrogen-bond acceptors (Lipinski definition) is 5. The van der Waals surface area contributed by atoms with Gasteiger partial charge in [-0.15, -0.1) is 15.3 Å². The maximum absolute atomic E-state index is 4.15. The van der Waals surface area contributed by atoms with Crippen LogP contribution in [0.4, 0.5) is 0 Å². The number of benzene rings is 1. The molecule has 21 heavy (non-hydrogen) atoms. The van der Waals surface area contributed by atoms with Gasteiger partial charge in [0.2, 0.25) is 0 Å². The Kier molecular flexibility index (Phi) is 3.72. The molecule has 1 unspecified atom stereocenters. The summed E-state index contributed by atoms with van der Waals surface area (Å²) in [6.07, 6.45) is 1.76. The van der Waals surface area contributed by atoms with Crippen molar-refractivity contribution in [2.45, 2.75) is 32.6 Å². The molecule has 0 fully saturated rings. The SMILES string of the molecule is CCc1[nH]nnc1-c1ccc(CC(C)c2nn[nH]n2)cc1. The van der Waals surface area contributed by atoms with Gasteiger partial charge in [0.1, 0.15) is 5.69 Å². The van der Waals surface area contributed by atoms with Gasteiger partial charge in [-0.05, 0) is 18.4 Å². The second-order valence-electron chi connectivity index (χ2n) is 5.06. The lowest BCUT2D eigenvalue weighted by Crippen LogP contribution is -2.01. The highest BCUT2D eigenvalue weighted by Crippen LogP contribution is 2.22. The molecule has 3 rings (SSSR count). The Balaban J connectivity index is 1.75. The Hall–Kier alpha value is -2.57. The van der Waals surface area contributed by atoms with Gasteiger partial charge in [0.25, 0.3) is 0 Å². The average Bonchev–Trinajstić information content (AvgIpc) is 3.19. The Labute approximate surface area is 122 Å². The molecule has 7 heteroatoms. The third-order valence-corrected chi connectivity index (χ3v) is 3.55. The van der Waals surface area contributed by atoms with E-state index in [1.54, 1.807) is 0 Å². The van der Waals surface area contributed by atoms with E-state index in [0.717, 1.165) is 35.6 Å². The lowest BCUT2D eigenvalue weighted by molar-refractivity contribution is 0.700. The fourth-order valence-corrected chi connectivity index (χ4v) is 2.35. The molecule has 0 aliphatic rings. The van der Waals surface area contributed by atoms with E-state index in [2.05, 4.69) is 74.1 Å². The molecular formula is C14H17N7. The summed E-state index contributed by atoms with van der Waals surface area (Å²) in [5.74, 6) is 0.969. The third kappa shape index (κ3) is 2.81. The zero-order chi connectivity index (χ0) is 14.7. The van der Waals surface area contributed by atoms with Crippen molar-refractivity contribution in [1.29, 1.82) is 0 Å². The molecule has 0 aliphatic carbocycles. The number of hydrogen-bond donors (Lipinski definition) is 2. The maximum atomic E-state index is 4.15. The van der Waals surface area contributed by atoms with Crippen LogP contribution < -0.4 is 0 Å². The van der Waals surface area contributed by atoms with E-state index < -0.39 is 0 Å². The summed E-state index contributed by atoms with van der Waals surface area (Å²) >= 11 is 0. The smallest absolute Gasteiger partial charge is 0.177 e. The van der Waals surface area contributed by atoms with E-state index in [9.17, 15) is 0 Å². The molecule has 3 aromatic rings. The van der Waals surface area contributed by atoms with Crippen LogP contribution in [0.5, 0.6) is 0 Å². The van der Waals surface area contributed by atoms with E-state index in [4.69, 9.17) is 0 Å². The summed E-state index contributed by atoms with van der Waals surface area (Å²) in [4.78, 5) is 0. The van der Waals surface area contributed by atoms with E-state index >= 15 is 0 Å². The Bertz CT molecular complexity index is 684. The number of rotatable bonds is 5. The Morgan fingerprint density at radius 2 is 1.90 bits per heavy atom. The summed E-state index contributed by atoms with van der Waals surface area (Å²) in [7, 11) is 0. The molecule has 0 saturated heterocycles. The second kappa shape index (κ2) is 5.82. The van der Waals surface area contributed by atoms with Gasteiger partial charge in [0, 0.05) is 11.5 Å². The molecule has 2 heterocycles. The standard InChI is InChI=1S/C14H17N7/c1-3-12-13(16-19-15-12)11-6-4-10(5-7-11)8-9(2)14-17-20-21-18-14/h4-7,9H,3,8H2,1-2H3,(H,15,16,19)(H,17,18,20,21). The van der Waals surface area contributed by atoms with Crippen LogP contribution in [0.25, 0.3) is 11.3 Å². The molecule has 7 nitrogen and oxygen atoms in total. The van der Waals surface area contributed by atoms with Crippen molar-refractivity contribution in [3.63, 3.8) is 0 Å². The topological polar surface area (TPSA) is 96.0 Å². The van der Waals surface area contributed by atoms with Gasteiger partial charge < -0.3 is 0 Å². The first-order chi connectivity index (χ1) is 10.3. The highest BCUT2D eigenvalue weighted by Gasteiger charge is 2.12. The molecule has 2 N–H and O–H groups in total. The van der Waals surface area contributed by atoms with Gasteiger partial charge in [-0.1, -0.05) is 48.5 Å². The van der Waals surface area contributed by atoms with Gasteiger partial charge >= 0.3 is 0 Å². The minimum atomic E-state index is 0.229. The van der Waals surface area contributed by atoms with Crippen LogP contribution in [0.1, 0.15) is 36.8 Å². The lowest BCUT2D eigenvalue weighted by atomic mass is 9.98. The van der Waals surface area contributed by atoms with E-state index in [1.165, 1.54) is 5.56 Å². The summed E-state index contributed by atoms with van der Waals surface area (Å²) in [5, 5.41) is 25.1. The van der Waals surface area contributed by atoms with Crippen LogP contribution in [0.15, 0.2) is 24.3 Å². The zero-order valence-corrected chi connectivity index (χ0v) is 12.0. The second-order valence-corrected chi connectivity index (χ2v) is 5.06. The van der Waals surface area contributed by atoms with Crippen molar-refractivity contribution >= 4 is 0 Å². The van der Waals surface area contributed by atoms with Crippen LogP contribution in [0.3, 0.4) is 0 Å². The van der Waals surface area contributed by atoms with Gasteiger partial charge in [0.05, 0.1) is 5.69 Å². The highest BCUT2D eigenvalue weighted by molar-refractivity contribution is 5.61. The summed E-state index contributed by atoms with van der Waals surface area (Å²) in [6.45, 7) is 4.17. The fourth-order valence-electron chi connectivity index (χ4n) is 2.35. The number of nitrogens with zero attached hydrogens (tertiary/aromatic N) is 5. The molecule has 108 valence electrons. The third-order valence-electron chi connectivity index (χ3n) is 3.55. The quantitative estimate of drug-likeness (QED) is 0.745. The number of aromatic amines is 2. The van der Waals surface area contributed by atoms with Crippen LogP contribution >= 0.6 is 0 Å². The number of nitrogens with one attached hydrogen (secondary N) is 2. The number of aromatic nitrogens is 7. The first-order valence-electron chi connectivity index (χ1n) is 7.00. The molecule has 0 saturated carbocycles. The first kappa shape index (κ1) is 13.4. The number of aryl methyl sites for hydroxylation is 1. The normalized spacial score (nSPS) is 12.5. The van der Waals surface area contributed by atoms with E-state index in [0.29, 0.717) is 0 Å². The number of tetrazole rings is 1. The first-order valence-corrected chi connectivity index (χ1v) is 7.00. The van der Waals surface area contributed by atoms with Gasteiger partial charge in [-0.3, -0.25) is 5.10 Å². The van der Waals surface area contributed by atoms with Crippen molar-refractivity contribution in [2.24, 2.45) is 0 Å². The minimum Gasteiger partial charge on any atom is -0.262 e. The van der Waals surface area contributed by atoms with Crippen LogP contribution in [-0.2, 0) is 12.8 Å². The Morgan fingerprint density at radius 1 is 1.10 bits per heavy atom. The molecule has 0 radical (unpaired) electrons. The van der Waals surface area contributed by atoms with E-state index in [1.807, 2.05) is 0 Å². The monoisotopic (exact) mass is 283 g/mol. The van der Waals surface area contributed by atoms with Crippen LogP contribution in [-0.4, -0.2) is 36.0 Å². The molecule has 0 aliphatic heterocycles. The van der Waals surface area contributed by atoms with Crippen LogP contribution in [0.2, 0.25) is 0 Å². The largest absolute Gasteiger partial charge is 0.262 e. The fraction of sp³-hybridized carbons (Fsp3) is 0.357. The molecular weight excluding hydrogens is 266 g/mol. The summed E-state index contributed by atoms with van der Waals surface area (Å²) in [6, 6.07) is 8.38. The van der Waals surface area contributed by atoms with Gasteiger partial charge in [-0.25, -0.2) is 0 Å². The van der Waals surface area contributed by atoms with Crippen LogP contribution in [0, 0.1) is 0 Å². The van der Waals surface area contributed by atoms with Crippen molar-refractivity contribution in [3.05, 3.63) is 41.3 Å². The van der Waals surface area contributed by atoms with Gasteiger partial charge in [-0.2, -0.15) is 5.21 Å². The number of H-pyrrole nitrogens is 2. The molecule has 0 bridgehead atoms. The predicted molar refractivity (Wildman–Crippen MR) is 77.5 cm³/mol. The molecule has 1 aromatic carbocycles. The van der Waals surface area contributed by atoms with Crippen molar-refractivity contribution in [3.8, 4) is 11.3 Å². The molecule has 1 atom stereocenters. The maximum Gasteiger partial charge on any atom is 0.177 e. The average molecular weight is 283 g/mol. The zero-order valence-electron chi connectivity index (χ0n) is 12.0. The summed E-state index contributed by atoms with van der Waals surface area (Å²) < 4.78 is 0. The highest BCUT2D eigenvalue weighted by atomic mass is 15.5. The van der Waals surface area contributed by atoms with Crippen molar-refractivity contribution in [1.82, 2.24) is 36.0 Å². The predicted octanol–water partition coefficient (Wildman–Crippen LogP) is 1.89.